The molecule has 0 radical (unpaired) electrons. The standard InChI is InChI=1S/C20H28N6O2/c1-2-3-9-21-20-23-14-18(26(27)28)19(24-20)22-13-16-7-6-8-17(12-16)15-25-10-4-5-11-25/h6-8,12,14H,2-5,9-11,13,15H2,1H3,(H2,21,22,23,24). The number of nitrogens with one attached hydrogen (secondary N) is 2. The van der Waals surface area contributed by atoms with Crippen molar-refractivity contribution in [3.8, 4) is 0 Å². The summed E-state index contributed by atoms with van der Waals surface area (Å²) in [6.45, 7) is 6.58. The van der Waals surface area contributed by atoms with Crippen molar-refractivity contribution in [1.82, 2.24) is 14.9 Å². The zero-order valence-electron chi connectivity index (χ0n) is 16.4. The van der Waals surface area contributed by atoms with Gasteiger partial charge in [-0.3, -0.25) is 15.0 Å². The number of benzene rings is 1. The van der Waals surface area contributed by atoms with E-state index in [9.17, 15) is 10.1 Å². The highest BCUT2D eigenvalue weighted by molar-refractivity contribution is 5.57. The summed E-state index contributed by atoms with van der Waals surface area (Å²) in [7, 11) is 0. The maximum atomic E-state index is 11.3. The molecule has 1 aromatic carbocycles. The number of hydrogen-bond acceptors (Lipinski definition) is 7. The fraction of sp³-hybridized carbons (Fsp3) is 0.500. The predicted octanol–water partition coefficient (Wildman–Crippen LogP) is 3.80. The zero-order valence-corrected chi connectivity index (χ0v) is 16.4. The normalized spacial score (nSPS) is 14.2. The number of anilines is 2. The summed E-state index contributed by atoms with van der Waals surface area (Å²) in [6.07, 6.45) is 5.85. The lowest BCUT2D eigenvalue weighted by molar-refractivity contribution is -0.384. The molecule has 3 rings (SSSR count). The molecule has 0 saturated carbocycles. The molecular formula is C20H28N6O2. The van der Waals surface area contributed by atoms with Crippen molar-refractivity contribution in [2.24, 2.45) is 0 Å². The molecule has 2 aromatic rings. The van der Waals surface area contributed by atoms with E-state index in [1.54, 1.807) is 0 Å². The fourth-order valence-corrected chi connectivity index (χ4v) is 3.32. The first-order valence-electron chi connectivity index (χ1n) is 9.95. The molecule has 2 heterocycles. The van der Waals surface area contributed by atoms with Gasteiger partial charge in [0, 0.05) is 19.6 Å². The number of hydrogen-bond donors (Lipinski definition) is 2. The van der Waals surface area contributed by atoms with Gasteiger partial charge in [-0.05, 0) is 43.5 Å². The Kier molecular flexibility index (Phi) is 7.13. The average Bonchev–Trinajstić information content (AvgIpc) is 3.20. The molecule has 150 valence electrons. The lowest BCUT2D eigenvalue weighted by Gasteiger charge is -2.15. The van der Waals surface area contributed by atoms with E-state index in [1.165, 1.54) is 24.6 Å². The predicted molar refractivity (Wildman–Crippen MR) is 110 cm³/mol. The van der Waals surface area contributed by atoms with Crippen LogP contribution < -0.4 is 10.6 Å². The molecule has 0 spiro atoms. The van der Waals surface area contributed by atoms with Crippen LogP contribution >= 0.6 is 0 Å². The highest BCUT2D eigenvalue weighted by Gasteiger charge is 2.17. The van der Waals surface area contributed by atoms with Crippen molar-refractivity contribution < 1.29 is 4.92 Å². The van der Waals surface area contributed by atoms with Crippen molar-refractivity contribution in [3.63, 3.8) is 0 Å². The number of rotatable bonds is 10. The Labute approximate surface area is 165 Å². The topological polar surface area (TPSA) is 96.2 Å². The van der Waals surface area contributed by atoms with Crippen molar-refractivity contribution in [2.45, 2.75) is 45.7 Å². The lowest BCUT2D eigenvalue weighted by atomic mass is 10.1. The van der Waals surface area contributed by atoms with Crippen molar-refractivity contribution >= 4 is 17.5 Å². The number of nitro groups is 1. The van der Waals surface area contributed by atoms with E-state index >= 15 is 0 Å². The van der Waals surface area contributed by atoms with Crippen LogP contribution in [0.25, 0.3) is 0 Å². The Morgan fingerprint density at radius 1 is 1.21 bits per heavy atom. The minimum absolute atomic E-state index is 0.116. The highest BCUT2D eigenvalue weighted by Crippen LogP contribution is 2.23. The number of unbranched alkanes of at least 4 members (excludes halogenated alkanes) is 1. The van der Waals surface area contributed by atoms with Crippen LogP contribution in [0.5, 0.6) is 0 Å². The summed E-state index contributed by atoms with van der Waals surface area (Å²) in [6, 6.07) is 8.34. The number of aromatic nitrogens is 2. The first-order valence-corrected chi connectivity index (χ1v) is 9.95. The largest absolute Gasteiger partial charge is 0.360 e. The van der Waals surface area contributed by atoms with Gasteiger partial charge >= 0.3 is 5.69 Å². The molecule has 1 saturated heterocycles. The maximum absolute atomic E-state index is 11.3. The van der Waals surface area contributed by atoms with Gasteiger partial charge in [0.1, 0.15) is 6.20 Å². The van der Waals surface area contributed by atoms with Crippen molar-refractivity contribution in [3.05, 3.63) is 51.7 Å². The van der Waals surface area contributed by atoms with E-state index in [2.05, 4.69) is 44.6 Å². The third kappa shape index (κ3) is 5.63. The molecule has 0 bridgehead atoms. The summed E-state index contributed by atoms with van der Waals surface area (Å²) in [5, 5.41) is 17.5. The van der Waals surface area contributed by atoms with Crippen molar-refractivity contribution in [2.75, 3.05) is 30.3 Å². The molecule has 0 amide bonds. The minimum atomic E-state index is -0.456. The van der Waals surface area contributed by atoms with Gasteiger partial charge in [0.25, 0.3) is 0 Å². The van der Waals surface area contributed by atoms with Crippen LogP contribution in [0.15, 0.2) is 30.5 Å². The van der Waals surface area contributed by atoms with Crippen molar-refractivity contribution in [1.29, 1.82) is 0 Å². The summed E-state index contributed by atoms with van der Waals surface area (Å²) in [4.78, 5) is 21.7. The summed E-state index contributed by atoms with van der Waals surface area (Å²) >= 11 is 0. The third-order valence-electron chi connectivity index (χ3n) is 4.84. The Balaban J connectivity index is 1.66. The molecule has 1 fully saturated rings. The summed E-state index contributed by atoms with van der Waals surface area (Å²) in [5.41, 5.74) is 2.22. The van der Waals surface area contributed by atoms with Crippen LogP contribution in [0, 0.1) is 10.1 Å². The minimum Gasteiger partial charge on any atom is -0.360 e. The Bertz CT molecular complexity index is 792. The molecule has 0 atom stereocenters. The Morgan fingerprint density at radius 2 is 2.00 bits per heavy atom. The molecule has 1 aliphatic rings. The van der Waals surface area contributed by atoms with Gasteiger partial charge in [-0.1, -0.05) is 37.6 Å². The SMILES string of the molecule is CCCCNc1ncc([N+](=O)[O-])c(NCc2cccc(CN3CCCC3)c2)n1. The van der Waals surface area contributed by atoms with Crippen LogP contribution in [0.4, 0.5) is 17.5 Å². The molecular weight excluding hydrogens is 356 g/mol. The number of likely N-dealkylation sites (tertiary alicyclic amines) is 1. The molecule has 8 heteroatoms. The monoisotopic (exact) mass is 384 g/mol. The van der Waals surface area contributed by atoms with Crippen LogP contribution in [-0.4, -0.2) is 39.4 Å². The number of nitrogens with zero attached hydrogens (tertiary/aromatic N) is 4. The van der Waals surface area contributed by atoms with E-state index in [0.717, 1.165) is 44.6 Å². The first-order chi connectivity index (χ1) is 13.7. The van der Waals surface area contributed by atoms with Gasteiger partial charge < -0.3 is 10.6 Å². The van der Waals surface area contributed by atoms with Gasteiger partial charge in [-0.15, -0.1) is 0 Å². The zero-order chi connectivity index (χ0) is 19.8. The van der Waals surface area contributed by atoms with Gasteiger partial charge in [0.15, 0.2) is 0 Å². The Hall–Kier alpha value is -2.74. The van der Waals surface area contributed by atoms with E-state index in [0.29, 0.717) is 12.5 Å². The summed E-state index contributed by atoms with van der Waals surface area (Å²) in [5.74, 6) is 0.647. The second-order valence-electron chi connectivity index (χ2n) is 7.12. The molecule has 1 aliphatic heterocycles. The second-order valence-corrected chi connectivity index (χ2v) is 7.12. The lowest BCUT2D eigenvalue weighted by Crippen LogP contribution is -2.18. The quantitative estimate of drug-likeness (QED) is 0.365. The van der Waals surface area contributed by atoms with Gasteiger partial charge in [-0.2, -0.15) is 4.98 Å². The van der Waals surface area contributed by atoms with Crippen LogP contribution in [0.3, 0.4) is 0 Å². The molecule has 0 unspecified atom stereocenters. The van der Waals surface area contributed by atoms with Gasteiger partial charge in [0.05, 0.1) is 4.92 Å². The molecule has 2 N–H and O–H groups in total. The van der Waals surface area contributed by atoms with Gasteiger partial charge in [-0.25, -0.2) is 4.98 Å². The highest BCUT2D eigenvalue weighted by atomic mass is 16.6. The molecule has 28 heavy (non-hydrogen) atoms. The Morgan fingerprint density at radius 3 is 2.75 bits per heavy atom. The van der Waals surface area contributed by atoms with Crippen LogP contribution in [-0.2, 0) is 13.1 Å². The average molecular weight is 384 g/mol. The van der Waals surface area contributed by atoms with Gasteiger partial charge in [0.2, 0.25) is 11.8 Å². The fourth-order valence-electron chi connectivity index (χ4n) is 3.32. The molecule has 0 aliphatic carbocycles. The van der Waals surface area contributed by atoms with Crippen LogP contribution in [0.2, 0.25) is 0 Å². The summed E-state index contributed by atoms with van der Waals surface area (Å²) < 4.78 is 0. The van der Waals surface area contributed by atoms with Crippen LogP contribution in [0.1, 0.15) is 43.7 Å². The van der Waals surface area contributed by atoms with E-state index in [1.807, 2.05) is 12.1 Å². The smallest absolute Gasteiger partial charge is 0.329 e. The maximum Gasteiger partial charge on any atom is 0.329 e. The second kappa shape index (κ2) is 9.98. The third-order valence-corrected chi connectivity index (χ3v) is 4.84. The van der Waals surface area contributed by atoms with E-state index < -0.39 is 4.92 Å². The molecule has 1 aromatic heterocycles. The van der Waals surface area contributed by atoms with E-state index in [4.69, 9.17) is 0 Å². The molecule has 8 nitrogen and oxygen atoms in total. The van der Waals surface area contributed by atoms with E-state index in [-0.39, 0.29) is 11.5 Å². The first kappa shape index (κ1) is 20.0.